The van der Waals surface area contributed by atoms with E-state index in [2.05, 4.69) is 25.4 Å². The van der Waals surface area contributed by atoms with Crippen LogP contribution in [-0.2, 0) is 11.2 Å². The number of hydrogen-bond donors (Lipinski definition) is 1. The molecule has 0 aliphatic carbocycles. The summed E-state index contributed by atoms with van der Waals surface area (Å²) in [5.41, 5.74) is 2.53. The molecule has 4 rings (SSSR count). The SMILES string of the molecule is COCCN1CC[C@H](c2nnc3ccc(C(=O)NCCc4ccncc4)cn23)C1. The van der Waals surface area contributed by atoms with Gasteiger partial charge in [0.05, 0.1) is 12.2 Å². The van der Waals surface area contributed by atoms with Gasteiger partial charge < -0.3 is 15.0 Å². The van der Waals surface area contributed by atoms with E-state index in [4.69, 9.17) is 4.74 Å². The van der Waals surface area contributed by atoms with Crippen LogP contribution in [0, 0.1) is 0 Å². The fourth-order valence-electron chi connectivity index (χ4n) is 3.76. The number of likely N-dealkylation sites (tertiary alicyclic amines) is 1. The van der Waals surface area contributed by atoms with Crippen molar-refractivity contribution in [2.75, 3.05) is 39.9 Å². The summed E-state index contributed by atoms with van der Waals surface area (Å²) in [7, 11) is 1.73. The molecular weight excluding hydrogens is 368 g/mol. The lowest BCUT2D eigenvalue weighted by Gasteiger charge is -2.14. The van der Waals surface area contributed by atoms with Crippen LogP contribution in [0.4, 0.5) is 0 Å². The zero-order chi connectivity index (χ0) is 20.1. The van der Waals surface area contributed by atoms with Crippen molar-refractivity contribution in [3.05, 3.63) is 59.8 Å². The Kier molecular flexibility index (Phi) is 6.12. The quantitative estimate of drug-likeness (QED) is 0.624. The zero-order valence-corrected chi connectivity index (χ0v) is 16.6. The second-order valence-electron chi connectivity index (χ2n) is 7.34. The van der Waals surface area contributed by atoms with Crippen molar-refractivity contribution < 1.29 is 9.53 Å². The number of nitrogens with zero attached hydrogens (tertiary/aromatic N) is 5. The van der Waals surface area contributed by atoms with Crippen LogP contribution in [0.5, 0.6) is 0 Å². The number of methoxy groups -OCH3 is 1. The number of pyridine rings is 2. The minimum absolute atomic E-state index is 0.0891. The van der Waals surface area contributed by atoms with Crippen molar-refractivity contribution in [2.24, 2.45) is 0 Å². The molecule has 0 spiro atoms. The summed E-state index contributed by atoms with van der Waals surface area (Å²) in [5, 5.41) is 11.7. The van der Waals surface area contributed by atoms with E-state index in [0.29, 0.717) is 18.0 Å². The molecule has 3 aromatic heterocycles. The summed E-state index contributed by atoms with van der Waals surface area (Å²) < 4.78 is 7.14. The molecule has 0 radical (unpaired) electrons. The molecule has 29 heavy (non-hydrogen) atoms. The Bertz CT molecular complexity index is 958. The molecule has 0 bridgehead atoms. The Hall–Kier alpha value is -2.84. The average Bonchev–Trinajstić information content (AvgIpc) is 3.39. The predicted molar refractivity (Wildman–Crippen MR) is 109 cm³/mol. The van der Waals surface area contributed by atoms with Gasteiger partial charge in [-0.25, -0.2) is 0 Å². The lowest BCUT2D eigenvalue weighted by Crippen LogP contribution is -2.26. The van der Waals surface area contributed by atoms with Gasteiger partial charge in [0, 0.05) is 51.3 Å². The van der Waals surface area contributed by atoms with Crippen LogP contribution >= 0.6 is 0 Å². The van der Waals surface area contributed by atoms with E-state index < -0.39 is 0 Å². The predicted octanol–water partition coefficient (Wildman–Crippen LogP) is 1.53. The van der Waals surface area contributed by atoms with E-state index in [1.165, 1.54) is 0 Å². The lowest BCUT2D eigenvalue weighted by molar-refractivity contribution is 0.0953. The second-order valence-corrected chi connectivity index (χ2v) is 7.34. The average molecular weight is 394 g/mol. The largest absolute Gasteiger partial charge is 0.383 e. The minimum Gasteiger partial charge on any atom is -0.383 e. The molecule has 1 fully saturated rings. The molecule has 3 aromatic rings. The first kappa shape index (κ1) is 19.5. The van der Waals surface area contributed by atoms with Crippen LogP contribution < -0.4 is 5.32 Å². The minimum atomic E-state index is -0.0891. The van der Waals surface area contributed by atoms with Gasteiger partial charge in [-0.2, -0.15) is 0 Å². The van der Waals surface area contributed by atoms with Gasteiger partial charge in [-0.3, -0.25) is 14.2 Å². The maximum Gasteiger partial charge on any atom is 0.252 e. The fraction of sp³-hybridized carbons (Fsp3) is 0.429. The molecule has 1 amide bonds. The summed E-state index contributed by atoms with van der Waals surface area (Å²) in [6, 6.07) is 7.57. The fourth-order valence-corrected chi connectivity index (χ4v) is 3.76. The van der Waals surface area contributed by atoms with Crippen LogP contribution in [0.2, 0.25) is 0 Å². The summed E-state index contributed by atoms with van der Waals surface area (Å²) in [4.78, 5) is 19.0. The molecular formula is C21H26N6O2. The van der Waals surface area contributed by atoms with Crippen molar-refractivity contribution in [3.8, 4) is 0 Å². The monoisotopic (exact) mass is 394 g/mol. The van der Waals surface area contributed by atoms with Crippen molar-refractivity contribution in [3.63, 3.8) is 0 Å². The topological polar surface area (TPSA) is 84.6 Å². The van der Waals surface area contributed by atoms with Crippen molar-refractivity contribution in [2.45, 2.75) is 18.8 Å². The van der Waals surface area contributed by atoms with Crippen LogP contribution in [0.15, 0.2) is 42.9 Å². The number of rotatable bonds is 8. The smallest absolute Gasteiger partial charge is 0.252 e. The molecule has 4 heterocycles. The highest BCUT2D eigenvalue weighted by atomic mass is 16.5. The molecule has 1 saturated heterocycles. The number of aromatic nitrogens is 4. The van der Waals surface area contributed by atoms with E-state index in [0.717, 1.165) is 56.1 Å². The summed E-state index contributed by atoms with van der Waals surface area (Å²) in [6.45, 7) is 4.20. The molecule has 1 atom stereocenters. The van der Waals surface area contributed by atoms with Gasteiger partial charge in [0.15, 0.2) is 5.65 Å². The van der Waals surface area contributed by atoms with Crippen LogP contribution in [-0.4, -0.2) is 70.3 Å². The number of fused-ring (bicyclic) bond motifs is 1. The highest BCUT2D eigenvalue weighted by Crippen LogP contribution is 2.26. The molecule has 1 N–H and O–H groups in total. The van der Waals surface area contributed by atoms with Gasteiger partial charge in [0.1, 0.15) is 5.82 Å². The van der Waals surface area contributed by atoms with Crippen LogP contribution in [0.25, 0.3) is 5.65 Å². The maximum absolute atomic E-state index is 12.6. The number of ether oxygens (including phenoxy) is 1. The molecule has 152 valence electrons. The third-order valence-electron chi connectivity index (χ3n) is 5.39. The number of carbonyl (C=O) groups excluding carboxylic acids is 1. The van der Waals surface area contributed by atoms with Gasteiger partial charge in [-0.1, -0.05) is 0 Å². The lowest BCUT2D eigenvalue weighted by atomic mass is 10.1. The highest BCUT2D eigenvalue weighted by molar-refractivity contribution is 5.94. The maximum atomic E-state index is 12.6. The van der Waals surface area contributed by atoms with E-state index in [1.807, 2.05) is 28.8 Å². The molecule has 0 aromatic carbocycles. The molecule has 0 unspecified atom stereocenters. The number of hydrogen-bond acceptors (Lipinski definition) is 6. The first-order chi connectivity index (χ1) is 14.2. The summed E-state index contributed by atoms with van der Waals surface area (Å²) in [6.07, 6.45) is 7.18. The summed E-state index contributed by atoms with van der Waals surface area (Å²) >= 11 is 0. The van der Waals surface area contributed by atoms with E-state index >= 15 is 0 Å². The third-order valence-corrected chi connectivity index (χ3v) is 5.39. The van der Waals surface area contributed by atoms with Crippen molar-refractivity contribution in [1.29, 1.82) is 0 Å². The van der Waals surface area contributed by atoms with E-state index in [9.17, 15) is 4.79 Å². The number of amides is 1. The molecule has 0 saturated carbocycles. The molecule has 8 heteroatoms. The van der Waals surface area contributed by atoms with Gasteiger partial charge >= 0.3 is 0 Å². The molecule has 1 aliphatic heterocycles. The Balaban J connectivity index is 1.42. The Morgan fingerprint density at radius 3 is 2.93 bits per heavy atom. The normalized spacial score (nSPS) is 17.1. The van der Waals surface area contributed by atoms with Gasteiger partial charge in [-0.15, -0.1) is 10.2 Å². The van der Waals surface area contributed by atoms with Crippen LogP contribution in [0.1, 0.15) is 34.1 Å². The van der Waals surface area contributed by atoms with Crippen LogP contribution in [0.3, 0.4) is 0 Å². The van der Waals surface area contributed by atoms with Gasteiger partial charge in [-0.05, 0) is 49.2 Å². The first-order valence-electron chi connectivity index (χ1n) is 9.97. The van der Waals surface area contributed by atoms with Crippen molar-refractivity contribution >= 4 is 11.6 Å². The van der Waals surface area contributed by atoms with Gasteiger partial charge in [0.2, 0.25) is 0 Å². The molecule has 8 nitrogen and oxygen atoms in total. The first-order valence-corrected chi connectivity index (χ1v) is 9.97. The number of carbonyl (C=O) groups is 1. The summed E-state index contributed by atoms with van der Waals surface area (Å²) in [5.74, 6) is 1.15. The Morgan fingerprint density at radius 1 is 1.24 bits per heavy atom. The number of nitrogens with one attached hydrogen (secondary N) is 1. The Labute approximate surface area is 169 Å². The van der Waals surface area contributed by atoms with Crippen molar-refractivity contribution in [1.82, 2.24) is 29.8 Å². The highest BCUT2D eigenvalue weighted by Gasteiger charge is 2.27. The Morgan fingerprint density at radius 2 is 2.10 bits per heavy atom. The second kappa shape index (κ2) is 9.11. The zero-order valence-electron chi connectivity index (χ0n) is 16.6. The molecule has 1 aliphatic rings. The third kappa shape index (κ3) is 4.60. The van der Waals surface area contributed by atoms with Gasteiger partial charge in [0.25, 0.3) is 5.91 Å². The van der Waals surface area contributed by atoms with E-state index in [-0.39, 0.29) is 5.91 Å². The van der Waals surface area contributed by atoms with E-state index in [1.54, 1.807) is 25.6 Å². The standard InChI is InChI=1S/C21H26N6O2/c1-29-13-12-26-11-7-17(14-26)20-25-24-19-3-2-18(15-27(19)20)21(28)23-10-6-16-4-8-22-9-5-16/h2-5,8-9,15,17H,6-7,10-14H2,1H3,(H,23,28)/t17-/m0/s1.